The average Bonchev–Trinajstić information content (AvgIpc) is 2.21. The summed E-state index contributed by atoms with van der Waals surface area (Å²) in [7, 11) is 0. The quantitative estimate of drug-likeness (QED) is 0.367. The molecule has 3 N–H and O–H groups in total. The van der Waals surface area contributed by atoms with Crippen LogP contribution >= 0.6 is 12.6 Å². The van der Waals surface area contributed by atoms with Crippen molar-refractivity contribution in [2.24, 2.45) is 5.73 Å². The molecule has 0 saturated heterocycles. The highest BCUT2D eigenvalue weighted by Gasteiger charge is 1.91. The molecule has 0 atom stereocenters. The lowest BCUT2D eigenvalue weighted by atomic mass is 10.1. The minimum atomic E-state index is 0.855. The second-order valence-electron chi connectivity index (χ2n) is 3.74. The van der Waals surface area contributed by atoms with Crippen LogP contribution in [0.2, 0.25) is 0 Å². The van der Waals surface area contributed by atoms with Gasteiger partial charge in [0.25, 0.3) is 0 Å². The van der Waals surface area contributed by atoms with Gasteiger partial charge < -0.3 is 11.1 Å². The SMILES string of the molecule is NCCCCCCCCCNCCS. The van der Waals surface area contributed by atoms with Crippen LogP contribution in [-0.4, -0.2) is 25.4 Å². The second-order valence-corrected chi connectivity index (χ2v) is 4.18. The maximum atomic E-state index is 5.42. The van der Waals surface area contributed by atoms with E-state index >= 15 is 0 Å². The molecular formula is C11H26N2S. The summed E-state index contributed by atoms with van der Waals surface area (Å²) in [6, 6.07) is 0. The fourth-order valence-corrected chi connectivity index (χ4v) is 1.64. The first kappa shape index (κ1) is 14.3. The van der Waals surface area contributed by atoms with Crippen LogP contribution in [0.3, 0.4) is 0 Å². The van der Waals surface area contributed by atoms with E-state index in [1.807, 2.05) is 0 Å². The van der Waals surface area contributed by atoms with Crippen LogP contribution in [0.4, 0.5) is 0 Å². The van der Waals surface area contributed by atoms with Crippen LogP contribution in [0.5, 0.6) is 0 Å². The molecule has 2 nitrogen and oxygen atoms in total. The van der Waals surface area contributed by atoms with Gasteiger partial charge in [0.05, 0.1) is 0 Å². The molecule has 0 amide bonds. The summed E-state index contributed by atoms with van der Waals surface area (Å²) in [5.41, 5.74) is 5.42. The van der Waals surface area contributed by atoms with Crippen LogP contribution in [-0.2, 0) is 0 Å². The lowest BCUT2D eigenvalue weighted by Crippen LogP contribution is -2.17. The minimum absolute atomic E-state index is 0.855. The Labute approximate surface area is 94.4 Å². The third kappa shape index (κ3) is 12.3. The third-order valence-corrected chi connectivity index (χ3v) is 2.57. The summed E-state index contributed by atoms with van der Waals surface area (Å²) in [4.78, 5) is 0. The molecule has 0 rings (SSSR count). The van der Waals surface area contributed by atoms with Gasteiger partial charge in [-0.15, -0.1) is 0 Å². The zero-order valence-electron chi connectivity index (χ0n) is 9.30. The molecule has 14 heavy (non-hydrogen) atoms. The van der Waals surface area contributed by atoms with Crippen molar-refractivity contribution in [3.8, 4) is 0 Å². The molecule has 0 unspecified atom stereocenters. The van der Waals surface area contributed by atoms with Gasteiger partial charge in [-0.1, -0.05) is 32.1 Å². The van der Waals surface area contributed by atoms with E-state index in [2.05, 4.69) is 17.9 Å². The van der Waals surface area contributed by atoms with Crippen LogP contribution in [0, 0.1) is 0 Å². The first-order valence-electron chi connectivity index (χ1n) is 5.93. The van der Waals surface area contributed by atoms with Crippen molar-refractivity contribution in [3.05, 3.63) is 0 Å². The molecule has 0 aromatic carbocycles. The summed E-state index contributed by atoms with van der Waals surface area (Å²) in [5.74, 6) is 0.944. The van der Waals surface area contributed by atoms with Gasteiger partial charge in [-0.3, -0.25) is 0 Å². The Balaban J connectivity index is 2.78. The summed E-state index contributed by atoms with van der Waals surface area (Å²) < 4.78 is 0. The summed E-state index contributed by atoms with van der Waals surface area (Å²) in [5, 5.41) is 3.35. The highest BCUT2D eigenvalue weighted by Crippen LogP contribution is 2.05. The highest BCUT2D eigenvalue weighted by atomic mass is 32.1. The third-order valence-electron chi connectivity index (χ3n) is 2.35. The van der Waals surface area contributed by atoms with Crippen molar-refractivity contribution in [2.75, 3.05) is 25.4 Å². The lowest BCUT2D eigenvalue weighted by Gasteiger charge is -2.02. The molecule has 0 heterocycles. The van der Waals surface area contributed by atoms with Crippen molar-refractivity contribution in [3.63, 3.8) is 0 Å². The maximum Gasteiger partial charge on any atom is 0.00397 e. The molecule has 0 aliphatic carbocycles. The molecule has 0 radical (unpaired) electrons. The zero-order valence-corrected chi connectivity index (χ0v) is 10.2. The number of hydrogen-bond donors (Lipinski definition) is 3. The molecule has 0 fully saturated rings. The predicted octanol–water partition coefficient (Wildman–Crippen LogP) is 2.20. The molecule has 0 bridgehead atoms. The molecule has 3 heteroatoms. The summed E-state index contributed by atoms with van der Waals surface area (Å²) >= 11 is 4.14. The fourth-order valence-electron chi connectivity index (χ4n) is 1.48. The summed E-state index contributed by atoms with van der Waals surface area (Å²) in [6.07, 6.45) is 9.31. The van der Waals surface area contributed by atoms with Gasteiger partial charge in [-0.05, 0) is 25.9 Å². The molecular weight excluding hydrogens is 192 g/mol. The van der Waals surface area contributed by atoms with Gasteiger partial charge in [0.2, 0.25) is 0 Å². The topological polar surface area (TPSA) is 38.0 Å². The minimum Gasteiger partial charge on any atom is -0.330 e. The monoisotopic (exact) mass is 218 g/mol. The van der Waals surface area contributed by atoms with E-state index in [1.54, 1.807) is 0 Å². The van der Waals surface area contributed by atoms with Crippen molar-refractivity contribution in [1.82, 2.24) is 5.32 Å². The zero-order chi connectivity index (χ0) is 10.5. The first-order valence-corrected chi connectivity index (χ1v) is 6.56. The molecule has 0 aromatic rings. The number of unbranched alkanes of at least 4 members (excludes halogenated alkanes) is 6. The molecule has 0 aliphatic rings. The van der Waals surface area contributed by atoms with E-state index in [1.165, 1.54) is 44.9 Å². The Hall–Kier alpha value is 0.270. The Bertz CT molecular complexity index is 87.3. The van der Waals surface area contributed by atoms with Crippen molar-refractivity contribution < 1.29 is 0 Å². The van der Waals surface area contributed by atoms with Gasteiger partial charge in [-0.25, -0.2) is 0 Å². The van der Waals surface area contributed by atoms with Gasteiger partial charge in [0.15, 0.2) is 0 Å². The van der Waals surface area contributed by atoms with Crippen molar-refractivity contribution >= 4 is 12.6 Å². The van der Waals surface area contributed by atoms with E-state index in [0.29, 0.717) is 0 Å². The van der Waals surface area contributed by atoms with Crippen LogP contribution in [0.1, 0.15) is 44.9 Å². The molecule has 0 spiro atoms. The first-order chi connectivity index (χ1) is 6.91. The van der Waals surface area contributed by atoms with Gasteiger partial charge in [0.1, 0.15) is 0 Å². The maximum absolute atomic E-state index is 5.42. The Kier molecular flexibility index (Phi) is 13.5. The normalized spacial score (nSPS) is 10.7. The van der Waals surface area contributed by atoms with E-state index in [-0.39, 0.29) is 0 Å². The standard InChI is InChI=1S/C11H26N2S/c12-8-6-4-2-1-3-5-7-9-13-10-11-14/h13-14H,1-12H2. The lowest BCUT2D eigenvalue weighted by molar-refractivity contribution is 0.565. The van der Waals surface area contributed by atoms with Crippen LogP contribution in [0.15, 0.2) is 0 Å². The Morgan fingerprint density at radius 2 is 1.36 bits per heavy atom. The van der Waals surface area contributed by atoms with Crippen LogP contribution < -0.4 is 11.1 Å². The second kappa shape index (κ2) is 13.3. The van der Waals surface area contributed by atoms with Crippen molar-refractivity contribution in [2.45, 2.75) is 44.9 Å². The molecule has 0 aromatic heterocycles. The largest absolute Gasteiger partial charge is 0.330 e. The number of nitrogens with two attached hydrogens (primary N) is 1. The predicted molar refractivity (Wildman–Crippen MR) is 68.1 cm³/mol. The van der Waals surface area contributed by atoms with E-state index in [0.717, 1.165) is 25.4 Å². The Morgan fingerprint density at radius 1 is 0.786 bits per heavy atom. The number of nitrogens with one attached hydrogen (secondary N) is 1. The number of thiol groups is 1. The molecule has 86 valence electrons. The average molecular weight is 218 g/mol. The van der Waals surface area contributed by atoms with E-state index in [4.69, 9.17) is 5.73 Å². The smallest absolute Gasteiger partial charge is 0.00397 e. The highest BCUT2D eigenvalue weighted by molar-refractivity contribution is 7.80. The van der Waals surface area contributed by atoms with Gasteiger partial charge >= 0.3 is 0 Å². The van der Waals surface area contributed by atoms with Gasteiger partial charge in [-0.2, -0.15) is 12.6 Å². The van der Waals surface area contributed by atoms with E-state index in [9.17, 15) is 0 Å². The van der Waals surface area contributed by atoms with Crippen molar-refractivity contribution in [1.29, 1.82) is 0 Å². The Morgan fingerprint density at radius 3 is 1.93 bits per heavy atom. The number of rotatable bonds is 11. The number of hydrogen-bond acceptors (Lipinski definition) is 3. The molecule has 0 saturated carbocycles. The fraction of sp³-hybridized carbons (Fsp3) is 1.00. The van der Waals surface area contributed by atoms with Gasteiger partial charge in [0, 0.05) is 12.3 Å². The van der Waals surface area contributed by atoms with E-state index < -0.39 is 0 Å². The summed E-state index contributed by atoms with van der Waals surface area (Å²) in [6.45, 7) is 3.05. The van der Waals surface area contributed by atoms with Crippen LogP contribution in [0.25, 0.3) is 0 Å². The molecule has 0 aliphatic heterocycles.